The molecule has 1 amide bonds. The van der Waals surface area contributed by atoms with Crippen LogP contribution in [0, 0.1) is 6.92 Å². The van der Waals surface area contributed by atoms with E-state index in [-0.39, 0.29) is 12.0 Å². The molecule has 31 heavy (non-hydrogen) atoms. The molecule has 4 heterocycles. The number of fused-ring (bicyclic) bond motifs is 1. The molecule has 0 N–H and O–H groups in total. The van der Waals surface area contributed by atoms with Gasteiger partial charge in [0.1, 0.15) is 6.10 Å². The van der Waals surface area contributed by atoms with Gasteiger partial charge in [-0.2, -0.15) is 0 Å². The van der Waals surface area contributed by atoms with Crippen molar-refractivity contribution < 1.29 is 14.3 Å². The lowest BCUT2D eigenvalue weighted by Gasteiger charge is -2.33. The Morgan fingerprint density at radius 3 is 2.84 bits per heavy atom. The molecule has 1 aromatic carbocycles. The highest BCUT2D eigenvalue weighted by atomic mass is 32.1. The summed E-state index contributed by atoms with van der Waals surface area (Å²) in [6, 6.07) is 9.79. The van der Waals surface area contributed by atoms with Crippen LogP contribution in [-0.4, -0.2) is 71.7 Å². The molecule has 2 aliphatic heterocycles. The third-order valence-electron chi connectivity index (χ3n) is 5.79. The number of ether oxygens (including phenoxy) is 2. The van der Waals surface area contributed by atoms with Gasteiger partial charge in [0.05, 0.1) is 41.6 Å². The maximum Gasteiger partial charge on any atom is 0.254 e. The van der Waals surface area contributed by atoms with E-state index < -0.39 is 0 Å². The first-order valence-electron chi connectivity index (χ1n) is 10.7. The zero-order valence-corrected chi connectivity index (χ0v) is 18.4. The molecule has 0 spiro atoms. The Bertz CT molecular complexity index is 1080. The van der Waals surface area contributed by atoms with Crippen LogP contribution >= 0.6 is 11.3 Å². The Morgan fingerprint density at radius 2 is 2.03 bits per heavy atom. The van der Waals surface area contributed by atoms with E-state index in [0.717, 1.165) is 41.2 Å². The number of rotatable bonds is 4. The number of carbonyl (C=O) groups excluding carboxylic acids is 1. The number of hydrogen-bond donors (Lipinski definition) is 0. The minimum atomic E-state index is -0.163. The minimum absolute atomic E-state index is 0.0379. The molecule has 2 aliphatic rings. The third kappa shape index (κ3) is 4.48. The van der Waals surface area contributed by atoms with E-state index in [4.69, 9.17) is 14.5 Å². The Morgan fingerprint density at radius 1 is 1.19 bits per heavy atom. The van der Waals surface area contributed by atoms with Crippen LogP contribution in [0.1, 0.15) is 32.0 Å². The predicted octanol–water partition coefficient (Wildman–Crippen LogP) is 3.05. The lowest BCUT2D eigenvalue weighted by Crippen LogP contribution is -2.41. The summed E-state index contributed by atoms with van der Waals surface area (Å²) in [6.07, 6.45) is 1.79. The summed E-state index contributed by atoms with van der Waals surface area (Å²) in [6.45, 7) is 7.55. The van der Waals surface area contributed by atoms with Crippen LogP contribution in [-0.2, 0) is 16.0 Å². The van der Waals surface area contributed by atoms with Gasteiger partial charge in [0, 0.05) is 49.2 Å². The molecule has 162 valence electrons. The molecule has 5 rings (SSSR count). The van der Waals surface area contributed by atoms with E-state index >= 15 is 0 Å². The molecule has 0 unspecified atom stereocenters. The van der Waals surface area contributed by atoms with Crippen molar-refractivity contribution in [3.63, 3.8) is 0 Å². The van der Waals surface area contributed by atoms with Crippen LogP contribution in [0.15, 0.2) is 36.5 Å². The second-order valence-electron chi connectivity index (χ2n) is 7.96. The lowest BCUT2D eigenvalue weighted by molar-refractivity contribution is -0.0345. The summed E-state index contributed by atoms with van der Waals surface area (Å²) in [5.41, 5.74) is 2.34. The van der Waals surface area contributed by atoms with Gasteiger partial charge in [0.15, 0.2) is 0 Å². The second-order valence-corrected chi connectivity index (χ2v) is 9.28. The van der Waals surface area contributed by atoms with Crippen molar-refractivity contribution in [3.8, 4) is 0 Å². The summed E-state index contributed by atoms with van der Waals surface area (Å²) in [4.78, 5) is 28.1. The molecule has 0 bridgehead atoms. The van der Waals surface area contributed by atoms with E-state index in [1.54, 1.807) is 11.3 Å². The van der Waals surface area contributed by atoms with E-state index in [9.17, 15) is 4.79 Å². The molecular formula is C23H26N4O3S. The van der Waals surface area contributed by atoms with Gasteiger partial charge in [-0.25, -0.2) is 9.97 Å². The van der Waals surface area contributed by atoms with Gasteiger partial charge < -0.3 is 14.4 Å². The highest BCUT2D eigenvalue weighted by molar-refractivity contribution is 7.11. The Hall–Kier alpha value is -2.39. The summed E-state index contributed by atoms with van der Waals surface area (Å²) < 4.78 is 11.5. The number of nitrogens with zero attached hydrogens (tertiary/aromatic N) is 4. The number of aryl methyl sites for hydroxylation is 1. The van der Waals surface area contributed by atoms with Gasteiger partial charge in [-0.3, -0.25) is 9.69 Å². The first-order chi connectivity index (χ1) is 15.2. The topological polar surface area (TPSA) is 67.8 Å². The summed E-state index contributed by atoms with van der Waals surface area (Å²) in [7, 11) is 0. The van der Waals surface area contributed by atoms with Crippen molar-refractivity contribution in [2.45, 2.75) is 19.6 Å². The Labute approximate surface area is 185 Å². The monoisotopic (exact) mass is 438 g/mol. The zero-order chi connectivity index (χ0) is 21.2. The second kappa shape index (κ2) is 9.00. The van der Waals surface area contributed by atoms with Gasteiger partial charge in [-0.05, 0) is 19.1 Å². The molecule has 0 saturated carbocycles. The van der Waals surface area contributed by atoms with Gasteiger partial charge in [0.2, 0.25) is 0 Å². The van der Waals surface area contributed by atoms with E-state index in [0.29, 0.717) is 38.5 Å². The number of para-hydroxylation sites is 1. The number of aromatic nitrogens is 2. The van der Waals surface area contributed by atoms with Crippen molar-refractivity contribution in [3.05, 3.63) is 57.7 Å². The highest BCUT2D eigenvalue weighted by Crippen LogP contribution is 2.28. The molecule has 2 aromatic heterocycles. The summed E-state index contributed by atoms with van der Waals surface area (Å²) in [5, 5.41) is 1.97. The van der Waals surface area contributed by atoms with Gasteiger partial charge in [-0.15, -0.1) is 11.3 Å². The van der Waals surface area contributed by atoms with E-state index in [1.165, 1.54) is 4.88 Å². The Kier molecular flexibility index (Phi) is 5.95. The SMILES string of the molecule is Cc1ncc(CN2CCO[C@@H](c3cc(C(=O)N4CCOCC4)c4ccccc4n3)C2)s1. The van der Waals surface area contributed by atoms with Crippen LogP contribution in [0.4, 0.5) is 0 Å². The van der Waals surface area contributed by atoms with Crippen LogP contribution < -0.4 is 0 Å². The van der Waals surface area contributed by atoms with Gasteiger partial charge in [-0.1, -0.05) is 18.2 Å². The van der Waals surface area contributed by atoms with E-state index in [2.05, 4.69) is 9.88 Å². The smallest absolute Gasteiger partial charge is 0.254 e. The number of thiazole rings is 1. The van der Waals surface area contributed by atoms with Crippen LogP contribution in [0.5, 0.6) is 0 Å². The van der Waals surface area contributed by atoms with Crippen molar-refractivity contribution in [2.24, 2.45) is 0 Å². The zero-order valence-electron chi connectivity index (χ0n) is 17.6. The molecule has 8 heteroatoms. The van der Waals surface area contributed by atoms with Crippen molar-refractivity contribution in [2.75, 3.05) is 46.0 Å². The molecule has 7 nitrogen and oxygen atoms in total. The summed E-state index contributed by atoms with van der Waals surface area (Å²) >= 11 is 1.73. The fourth-order valence-corrected chi connectivity index (χ4v) is 5.04. The standard InChI is InChI=1S/C23H26N4O3S/c1-16-24-13-17(31-16)14-26-6-11-30-22(15-26)21-12-19(18-4-2-3-5-20(18)25-21)23(28)27-7-9-29-10-8-27/h2-5,12-13,22H,6-11,14-15H2,1H3/t22-/m1/s1. The number of carbonyl (C=O) groups is 1. The largest absolute Gasteiger partial charge is 0.378 e. The molecule has 2 fully saturated rings. The summed E-state index contributed by atoms with van der Waals surface area (Å²) in [5.74, 6) is 0.0379. The number of benzene rings is 1. The lowest BCUT2D eigenvalue weighted by atomic mass is 10.0. The van der Waals surface area contributed by atoms with Gasteiger partial charge in [0.25, 0.3) is 5.91 Å². The molecular weight excluding hydrogens is 412 g/mol. The first kappa shape index (κ1) is 20.5. The number of hydrogen-bond acceptors (Lipinski definition) is 7. The molecule has 1 atom stereocenters. The Balaban J connectivity index is 1.43. The molecule has 2 saturated heterocycles. The third-order valence-corrected chi connectivity index (χ3v) is 6.69. The maximum absolute atomic E-state index is 13.3. The highest BCUT2D eigenvalue weighted by Gasteiger charge is 2.27. The van der Waals surface area contributed by atoms with Gasteiger partial charge >= 0.3 is 0 Å². The number of amides is 1. The average molecular weight is 439 g/mol. The van der Waals surface area contributed by atoms with Crippen molar-refractivity contribution in [1.29, 1.82) is 0 Å². The fourth-order valence-electron chi connectivity index (χ4n) is 4.20. The van der Waals surface area contributed by atoms with Crippen molar-refractivity contribution in [1.82, 2.24) is 19.8 Å². The fraction of sp³-hybridized carbons (Fsp3) is 0.435. The predicted molar refractivity (Wildman–Crippen MR) is 119 cm³/mol. The molecule has 0 radical (unpaired) electrons. The number of pyridine rings is 1. The molecule has 0 aliphatic carbocycles. The first-order valence-corrected chi connectivity index (χ1v) is 11.5. The van der Waals surface area contributed by atoms with Crippen LogP contribution in [0.2, 0.25) is 0 Å². The average Bonchev–Trinajstić information content (AvgIpc) is 3.23. The van der Waals surface area contributed by atoms with Crippen molar-refractivity contribution >= 4 is 28.1 Å². The normalized spacial score (nSPS) is 20.3. The molecule has 3 aromatic rings. The van der Waals surface area contributed by atoms with E-state index in [1.807, 2.05) is 48.4 Å². The minimum Gasteiger partial charge on any atom is -0.378 e. The maximum atomic E-state index is 13.3. The quantitative estimate of drug-likeness (QED) is 0.624. The van der Waals surface area contributed by atoms with Crippen LogP contribution in [0.25, 0.3) is 10.9 Å². The number of morpholine rings is 2. The van der Waals surface area contributed by atoms with Crippen LogP contribution in [0.3, 0.4) is 0 Å².